The first kappa shape index (κ1) is 20.3. The van der Waals surface area contributed by atoms with Crippen LogP contribution in [0.25, 0.3) is 5.57 Å². The average Bonchev–Trinajstić information content (AvgIpc) is 3.14. The van der Waals surface area contributed by atoms with Crippen LogP contribution in [0.4, 0.5) is 24.7 Å². The minimum absolute atomic E-state index is 0.122. The van der Waals surface area contributed by atoms with Crippen molar-refractivity contribution in [2.24, 2.45) is 0 Å². The van der Waals surface area contributed by atoms with Gasteiger partial charge in [0.1, 0.15) is 29.0 Å². The van der Waals surface area contributed by atoms with Gasteiger partial charge in [-0.3, -0.25) is 0 Å². The maximum Gasteiger partial charge on any atom is 0.149 e. The highest BCUT2D eigenvalue weighted by Gasteiger charge is 2.25. The zero-order valence-corrected chi connectivity index (χ0v) is 17.9. The minimum Gasteiger partial charge on any atom is -0.368 e. The van der Waals surface area contributed by atoms with Crippen molar-refractivity contribution in [2.75, 3.05) is 12.4 Å². The first-order valence-electron chi connectivity index (χ1n) is 9.31. The number of H-pyrrole nitrogens is 1. The van der Waals surface area contributed by atoms with E-state index in [0.29, 0.717) is 10.3 Å². The second-order valence-electron chi connectivity index (χ2n) is 7.15. The van der Waals surface area contributed by atoms with Crippen molar-refractivity contribution < 1.29 is 13.2 Å². The van der Waals surface area contributed by atoms with Gasteiger partial charge in [0.05, 0.1) is 6.04 Å². The van der Waals surface area contributed by atoms with Gasteiger partial charge in [-0.25, -0.2) is 13.2 Å². The number of halogens is 4. The van der Waals surface area contributed by atoms with E-state index in [1.807, 2.05) is 37.2 Å². The van der Waals surface area contributed by atoms with Crippen molar-refractivity contribution in [1.82, 2.24) is 9.88 Å². The van der Waals surface area contributed by atoms with Gasteiger partial charge >= 0.3 is 0 Å². The molecule has 1 atom stereocenters. The summed E-state index contributed by atoms with van der Waals surface area (Å²) in [6, 6.07) is 11.8. The number of allylic oxidation sites excluding steroid dienone is 2. The number of rotatable bonds is 4. The van der Waals surface area contributed by atoms with Crippen molar-refractivity contribution in [1.29, 1.82) is 0 Å². The Morgan fingerprint density at radius 2 is 1.77 bits per heavy atom. The first-order chi connectivity index (χ1) is 14.3. The van der Waals surface area contributed by atoms with E-state index in [2.05, 4.69) is 26.2 Å². The van der Waals surface area contributed by atoms with Crippen LogP contribution in [0.1, 0.15) is 24.2 Å². The second kappa shape index (κ2) is 8.07. The Bertz CT molecular complexity index is 1150. The van der Waals surface area contributed by atoms with Crippen molar-refractivity contribution in [3.8, 4) is 0 Å². The van der Waals surface area contributed by atoms with Crippen molar-refractivity contribution in [3.05, 3.63) is 99.6 Å². The Morgan fingerprint density at radius 3 is 2.47 bits per heavy atom. The molecule has 2 N–H and O–H groups in total. The zero-order valence-electron chi connectivity index (χ0n) is 16.3. The maximum atomic E-state index is 14.0. The molecule has 2 heterocycles. The molecule has 0 bridgehead atoms. The van der Waals surface area contributed by atoms with Crippen LogP contribution in [0.2, 0.25) is 0 Å². The number of hydrogen-bond acceptors (Lipinski definition) is 2. The molecule has 0 amide bonds. The maximum absolute atomic E-state index is 14.0. The first-order valence-corrected chi connectivity index (χ1v) is 10.1. The van der Waals surface area contributed by atoms with Gasteiger partial charge in [-0.05, 0) is 66.1 Å². The monoisotopic (exact) mass is 473 g/mol. The summed E-state index contributed by atoms with van der Waals surface area (Å²) in [4.78, 5) is 5.25. The lowest BCUT2D eigenvalue weighted by Gasteiger charge is -2.32. The van der Waals surface area contributed by atoms with Gasteiger partial charge in [0.15, 0.2) is 0 Å². The molecule has 4 rings (SSSR count). The van der Waals surface area contributed by atoms with Crippen LogP contribution in [0.15, 0.2) is 70.9 Å². The number of aromatic amines is 1. The SMILES string of the molecule is CC1=C(c2ccc(F)cc2Br)C=CN(C)C1c1ccc(Nc2c(F)cccc2F)[nH]1. The second-order valence-corrected chi connectivity index (χ2v) is 8.01. The lowest BCUT2D eigenvalue weighted by atomic mass is 9.91. The molecule has 0 radical (unpaired) electrons. The van der Waals surface area contributed by atoms with Gasteiger partial charge in [0.2, 0.25) is 0 Å². The van der Waals surface area contributed by atoms with Gasteiger partial charge in [-0.15, -0.1) is 0 Å². The molecule has 154 valence electrons. The van der Waals surface area contributed by atoms with Crippen LogP contribution < -0.4 is 5.32 Å². The Morgan fingerprint density at radius 1 is 1.03 bits per heavy atom. The fourth-order valence-electron chi connectivity index (χ4n) is 3.72. The normalized spacial score (nSPS) is 16.3. The standard InChI is InChI=1S/C23H19BrF3N3/c1-13-15(16-7-6-14(25)12-17(16)24)10-11-30(2)23(13)20-8-9-21(28-20)29-22-18(26)4-3-5-19(22)27/h3-12,23,28-29H,1-2H3. The van der Waals surface area contributed by atoms with E-state index in [1.54, 1.807) is 12.1 Å². The molecule has 0 fully saturated rings. The minimum atomic E-state index is -0.664. The average molecular weight is 474 g/mol. The quantitative estimate of drug-likeness (QED) is 0.431. The van der Waals surface area contributed by atoms with Crippen LogP contribution in [-0.4, -0.2) is 16.9 Å². The fraction of sp³-hybridized carbons (Fsp3) is 0.130. The molecule has 3 aromatic rings. The number of anilines is 2. The summed E-state index contributed by atoms with van der Waals surface area (Å²) >= 11 is 3.45. The van der Waals surface area contributed by atoms with E-state index in [0.717, 1.165) is 22.4 Å². The summed E-state index contributed by atoms with van der Waals surface area (Å²) in [5, 5.41) is 2.78. The Labute approximate surface area is 181 Å². The summed E-state index contributed by atoms with van der Waals surface area (Å²) < 4.78 is 42.1. The van der Waals surface area contributed by atoms with Crippen LogP contribution in [-0.2, 0) is 0 Å². The molecule has 0 spiro atoms. The topological polar surface area (TPSA) is 31.1 Å². The Balaban J connectivity index is 1.68. The predicted molar refractivity (Wildman–Crippen MR) is 117 cm³/mol. The lowest BCUT2D eigenvalue weighted by molar-refractivity contribution is 0.369. The molecule has 1 aromatic heterocycles. The predicted octanol–water partition coefficient (Wildman–Crippen LogP) is 6.91. The molecule has 1 unspecified atom stereocenters. The highest BCUT2D eigenvalue weighted by molar-refractivity contribution is 9.10. The van der Waals surface area contributed by atoms with E-state index in [-0.39, 0.29) is 17.5 Å². The number of nitrogens with one attached hydrogen (secondary N) is 2. The summed E-state index contributed by atoms with van der Waals surface area (Å²) in [5.74, 6) is -1.15. The van der Waals surface area contributed by atoms with E-state index < -0.39 is 11.6 Å². The molecule has 7 heteroatoms. The third-order valence-corrected chi connectivity index (χ3v) is 5.82. The van der Waals surface area contributed by atoms with Gasteiger partial charge in [0, 0.05) is 23.4 Å². The summed E-state index contributed by atoms with van der Waals surface area (Å²) in [6.07, 6.45) is 3.94. The molecule has 0 aliphatic carbocycles. The summed E-state index contributed by atoms with van der Waals surface area (Å²) in [5.41, 5.74) is 3.58. The van der Waals surface area contributed by atoms with Crippen molar-refractivity contribution >= 4 is 33.0 Å². The molecule has 0 saturated heterocycles. The number of nitrogens with zero attached hydrogens (tertiary/aromatic N) is 1. The number of para-hydroxylation sites is 1. The largest absolute Gasteiger partial charge is 0.368 e. The highest BCUT2D eigenvalue weighted by atomic mass is 79.9. The molecule has 3 nitrogen and oxygen atoms in total. The molecular formula is C23H19BrF3N3. The van der Waals surface area contributed by atoms with Crippen molar-refractivity contribution in [3.63, 3.8) is 0 Å². The lowest BCUT2D eigenvalue weighted by Crippen LogP contribution is -2.24. The van der Waals surface area contributed by atoms with Gasteiger partial charge in [-0.2, -0.15) is 0 Å². The highest BCUT2D eigenvalue weighted by Crippen LogP contribution is 2.39. The number of hydrogen-bond donors (Lipinski definition) is 2. The third kappa shape index (κ3) is 3.77. The van der Waals surface area contributed by atoms with Gasteiger partial charge in [-0.1, -0.05) is 28.1 Å². The number of likely N-dealkylation sites (N-methyl/N-ethyl adjacent to an activating group) is 1. The molecular weight excluding hydrogens is 455 g/mol. The van der Waals surface area contributed by atoms with E-state index in [4.69, 9.17) is 0 Å². The molecule has 0 saturated carbocycles. The fourth-order valence-corrected chi connectivity index (χ4v) is 4.29. The smallest absolute Gasteiger partial charge is 0.149 e. The number of aromatic nitrogens is 1. The van der Waals surface area contributed by atoms with E-state index in [9.17, 15) is 13.2 Å². The van der Waals surface area contributed by atoms with Crippen LogP contribution >= 0.6 is 15.9 Å². The van der Waals surface area contributed by atoms with E-state index in [1.165, 1.54) is 30.3 Å². The molecule has 1 aliphatic rings. The molecule has 1 aliphatic heterocycles. The molecule has 2 aromatic carbocycles. The van der Waals surface area contributed by atoms with Crippen LogP contribution in [0.5, 0.6) is 0 Å². The van der Waals surface area contributed by atoms with E-state index >= 15 is 0 Å². The Hall–Kier alpha value is -2.93. The third-order valence-electron chi connectivity index (χ3n) is 5.17. The van der Waals surface area contributed by atoms with Crippen LogP contribution in [0.3, 0.4) is 0 Å². The Kier molecular flexibility index (Phi) is 5.47. The summed E-state index contributed by atoms with van der Waals surface area (Å²) in [7, 11) is 1.95. The summed E-state index contributed by atoms with van der Waals surface area (Å²) in [6.45, 7) is 2.01. The van der Waals surface area contributed by atoms with Crippen molar-refractivity contribution in [2.45, 2.75) is 13.0 Å². The number of benzene rings is 2. The zero-order chi connectivity index (χ0) is 21.4. The molecule has 30 heavy (non-hydrogen) atoms. The van der Waals surface area contributed by atoms with Gasteiger partial charge < -0.3 is 15.2 Å². The van der Waals surface area contributed by atoms with Crippen LogP contribution in [0, 0.1) is 17.5 Å². The van der Waals surface area contributed by atoms with Gasteiger partial charge in [0.25, 0.3) is 0 Å².